The van der Waals surface area contributed by atoms with Crippen molar-refractivity contribution < 1.29 is 40.8 Å². The normalized spacial score (nSPS) is 13.5. The zero-order valence-corrected chi connectivity index (χ0v) is 18.0. The van der Waals surface area contributed by atoms with Gasteiger partial charge in [-0.25, -0.2) is 10.5 Å². The number of carbonyl (C=O) groups is 1. The number of hydrogen-bond donors (Lipinski definition) is 1. The number of anilines is 1. The summed E-state index contributed by atoms with van der Waals surface area (Å²) in [6.45, 7) is 0.184. The Morgan fingerprint density at radius 3 is 2.31 bits per heavy atom. The molecular weight excluding hydrogens is 480 g/mol. The van der Waals surface area contributed by atoms with Crippen LogP contribution in [0.15, 0.2) is 54.9 Å². The number of amides is 1. The highest BCUT2D eigenvalue weighted by molar-refractivity contribution is 5.94. The van der Waals surface area contributed by atoms with Gasteiger partial charge < -0.3 is 4.74 Å². The molecule has 1 aliphatic rings. The zero-order chi connectivity index (χ0) is 25.4. The maximum Gasteiger partial charge on any atom is 0.420 e. The Morgan fingerprint density at radius 1 is 0.971 bits per heavy atom. The van der Waals surface area contributed by atoms with Crippen molar-refractivity contribution in [1.29, 1.82) is 0 Å². The van der Waals surface area contributed by atoms with Gasteiger partial charge in [-0.05, 0) is 47.9 Å². The summed E-state index contributed by atoms with van der Waals surface area (Å²) in [5.74, 6) is -1.06. The van der Waals surface area contributed by atoms with Gasteiger partial charge in [0.2, 0.25) is 0 Å². The van der Waals surface area contributed by atoms with Crippen LogP contribution in [0.3, 0.4) is 0 Å². The minimum Gasteiger partial charge on any atom is -0.496 e. The number of hydroxylamine groups is 2. The zero-order valence-electron chi connectivity index (χ0n) is 18.0. The molecule has 0 saturated heterocycles. The third-order valence-electron chi connectivity index (χ3n) is 5.35. The first-order chi connectivity index (χ1) is 16.5. The third-order valence-corrected chi connectivity index (χ3v) is 5.35. The Balaban J connectivity index is 1.48. The highest BCUT2D eigenvalue weighted by Gasteiger charge is 2.37. The summed E-state index contributed by atoms with van der Waals surface area (Å²) < 4.78 is 83.2. The summed E-state index contributed by atoms with van der Waals surface area (Å²) in [4.78, 5) is 21.8. The molecule has 0 radical (unpaired) electrons. The number of alkyl halides is 6. The minimum atomic E-state index is -4.65. The Labute approximate surface area is 195 Å². The van der Waals surface area contributed by atoms with Crippen LogP contribution >= 0.6 is 0 Å². The molecule has 184 valence electrons. The van der Waals surface area contributed by atoms with Crippen molar-refractivity contribution in [2.45, 2.75) is 18.8 Å². The SMILES string of the molecule is COc1cc2c(cc1C(F)(F)F)N(ONC(=O)c1cncc(-c3ccc(C(F)(F)F)cc3)c1)CC2. The largest absolute Gasteiger partial charge is 0.496 e. The molecule has 1 aliphatic heterocycles. The van der Waals surface area contributed by atoms with Crippen molar-refractivity contribution >= 4 is 11.6 Å². The molecule has 2 heterocycles. The van der Waals surface area contributed by atoms with Crippen molar-refractivity contribution in [2.75, 3.05) is 18.7 Å². The van der Waals surface area contributed by atoms with E-state index in [0.717, 1.165) is 30.4 Å². The number of rotatable bonds is 5. The number of nitrogens with one attached hydrogen (secondary N) is 1. The summed E-state index contributed by atoms with van der Waals surface area (Å²) in [7, 11) is 1.15. The molecule has 0 bridgehead atoms. The number of carbonyl (C=O) groups excluding carboxylic acids is 1. The number of pyridine rings is 1. The molecule has 6 nitrogen and oxygen atoms in total. The molecule has 12 heteroatoms. The van der Waals surface area contributed by atoms with E-state index in [4.69, 9.17) is 9.68 Å². The molecule has 1 N–H and O–H groups in total. The molecule has 0 aliphatic carbocycles. The van der Waals surface area contributed by atoms with Gasteiger partial charge in [0.1, 0.15) is 5.75 Å². The second-order valence-corrected chi connectivity index (χ2v) is 7.59. The van der Waals surface area contributed by atoms with E-state index in [1.165, 1.54) is 36.7 Å². The molecule has 1 aromatic heterocycles. The molecule has 0 spiro atoms. The summed E-state index contributed by atoms with van der Waals surface area (Å²) in [5.41, 5.74) is 1.89. The predicted molar refractivity (Wildman–Crippen MR) is 112 cm³/mol. The van der Waals surface area contributed by atoms with E-state index in [2.05, 4.69) is 10.5 Å². The van der Waals surface area contributed by atoms with Crippen LogP contribution in [-0.4, -0.2) is 24.5 Å². The van der Waals surface area contributed by atoms with Gasteiger partial charge in [0.15, 0.2) is 0 Å². The molecule has 0 unspecified atom stereocenters. The average molecular weight is 497 g/mol. The lowest BCUT2D eigenvalue weighted by Gasteiger charge is -2.20. The topological polar surface area (TPSA) is 63.7 Å². The van der Waals surface area contributed by atoms with Gasteiger partial charge in [-0.1, -0.05) is 12.1 Å². The van der Waals surface area contributed by atoms with Crippen LogP contribution in [0.5, 0.6) is 5.75 Å². The van der Waals surface area contributed by atoms with Gasteiger partial charge in [-0.2, -0.15) is 31.3 Å². The molecule has 1 amide bonds. The Bertz CT molecular complexity index is 1240. The molecule has 0 fully saturated rings. The number of halogens is 6. The summed E-state index contributed by atoms with van der Waals surface area (Å²) in [6.07, 6.45) is -6.16. The Hall–Kier alpha value is -3.80. The number of aromatic nitrogens is 1. The molecule has 0 atom stereocenters. The smallest absolute Gasteiger partial charge is 0.420 e. The van der Waals surface area contributed by atoms with Crippen molar-refractivity contribution in [2.24, 2.45) is 0 Å². The second-order valence-electron chi connectivity index (χ2n) is 7.59. The Kier molecular flexibility index (Phi) is 6.32. The van der Waals surface area contributed by atoms with Crippen LogP contribution in [0.4, 0.5) is 32.0 Å². The van der Waals surface area contributed by atoms with E-state index in [-0.39, 0.29) is 23.5 Å². The average Bonchev–Trinajstić information content (AvgIpc) is 3.22. The van der Waals surface area contributed by atoms with Gasteiger partial charge >= 0.3 is 12.4 Å². The van der Waals surface area contributed by atoms with E-state index in [1.807, 2.05) is 0 Å². The number of hydrogen-bond acceptors (Lipinski definition) is 5. The molecule has 3 aromatic rings. The first-order valence-electron chi connectivity index (χ1n) is 10.1. The highest BCUT2D eigenvalue weighted by Crippen LogP contribution is 2.42. The standard InChI is InChI=1S/C23H17F6N3O3/c1-34-20-9-14-6-7-32(19(14)10-18(20)23(27,28)29)35-31-21(33)16-8-15(11-30-12-16)13-2-4-17(5-3-13)22(24,25)26/h2-5,8-12H,6-7H2,1H3,(H,31,33). The summed E-state index contributed by atoms with van der Waals surface area (Å²) in [5, 5.41) is 1.12. The van der Waals surface area contributed by atoms with Crippen molar-refractivity contribution in [3.63, 3.8) is 0 Å². The molecular formula is C23H17F6N3O3. The van der Waals surface area contributed by atoms with Crippen molar-refractivity contribution in [3.05, 3.63) is 77.1 Å². The van der Waals surface area contributed by atoms with Gasteiger partial charge in [-0.3, -0.25) is 9.78 Å². The van der Waals surface area contributed by atoms with Crippen LogP contribution in [0.25, 0.3) is 11.1 Å². The van der Waals surface area contributed by atoms with Crippen molar-refractivity contribution in [1.82, 2.24) is 10.5 Å². The predicted octanol–water partition coefficient (Wildman–Crippen LogP) is 5.43. The fourth-order valence-corrected chi connectivity index (χ4v) is 3.60. The Morgan fingerprint density at radius 2 is 1.69 bits per heavy atom. The van der Waals surface area contributed by atoms with Crippen LogP contribution in [0.1, 0.15) is 27.0 Å². The minimum absolute atomic E-state index is 0.0347. The second kappa shape index (κ2) is 9.10. The lowest BCUT2D eigenvalue weighted by Crippen LogP contribution is -2.34. The fraction of sp³-hybridized carbons (Fsp3) is 0.217. The van der Waals surface area contributed by atoms with Gasteiger partial charge in [0, 0.05) is 18.0 Å². The van der Waals surface area contributed by atoms with Crippen LogP contribution in [-0.2, 0) is 23.7 Å². The number of ether oxygens (including phenoxy) is 1. The van der Waals surface area contributed by atoms with E-state index in [1.54, 1.807) is 0 Å². The fourth-order valence-electron chi connectivity index (χ4n) is 3.60. The number of nitrogens with zero attached hydrogens (tertiary/aromatic N) is 2. The van der Waals surface area contributed by atoms with Crippen LogP contribution in [0.2, 0.25) is 0 Å². The van der Waals surface area contributed by atoms with Crippen LogP contribution < -0.4 is 15.3 Å². The van der Waals surface area contributed by atoms with Gasteiger partial charge in [0.25, 0.3) is 5.91 Å². The van der Waals surface area contributed by atoms with Crippen LogP contribution in [0, 0.1) is 0 Å². The van der Waals surface area contributed by atoms with Crippen molar-refractivity contribution in [3.8, 4) is 16.9 Å². The van der Waals surface area contributed by atoms with E-state index >= 15 is 0 Å². The van der Waals surface area contributed by atoms with Gasteiger partial charge in [0.05, 0.1) is 36.0 Å². The first kappa shape index (κ1) is 24.3. The lowest BCUT2D eigenvalue weighted by molar-refractivity contribution is -0.139. The number of methoxy groups -OCH3 is 1. The monoisotopic (exact) mass is 497 g/mol. The molecule has 4 rings (SSSR count). The van der Waals surface area contributed by atoms with E-state index in [9.17, 15) is 31.1 Å². The van der Waals surface area contributed by atoms with E-state index in [0.29, 0.717) is 23.1 Å². The first-order valence-corrected chi connectivity index (χ1v) is 10.1. The third kappa shape index (κ3) is 5.16. The molecule has 35 heavy (non-hydrogen) atoms. The quantitative estimate of drug-likeness (QED) is 0.376. The summed E-state index contributed by atoms with van der Waals surface area (Å²) in [6, 6.07) is 7.91. The maximum absolute atomic E-state index is 13.4. The number of benzene rings is 2. The highest BCUT2D eigenvalue weighted by atomic mass is 19.4. The lowest BCUT2D eigenvalue weighted by atomic mass is 10.0. The molecule has 2 aromatic carbocycles. The van der Waals surface area contributed by atoms with Gasteiger partial charge in [-0.15, -0.1) is 0 Å². The summed E-state index contributed by atoms with van der Waals surface area (Å²) >= 11 is 0. The maximum atomic E-state index is 13.4. The van der Waals surface area contributed by atoms with E-state index < -0.39 is 29.4 Å². The number of fused-ring (bicyclic) bond motifs is 1. The molecule has 0 saturated carbocycles.